The van der Waals surface area contributed by atoms with Crippen LogP contribution in [0.15, 0.2) is 60.0 Å². The Hall–Kier alpha value is -1.99. The second-order valence-corrected chi connectivity index (χ2v) is 7.47. The lowest BCUT2D eigenvalue weighted by Gasteiger charge is -2.18. The zero-order chi connectivity index (χ0) is 16.2. The largest absolute Gasteiger partial charge is 0.245 e. The summed E-state index contributed by atoms with van der Waals surface area (Å²) in [6, 6.07) is 13.0. The first-order valence-corrected chi connectivity index (χ1v) is 9.47. The van der Waals surface area contributed by atoms with E-state index in [4.69, 9.17) is 0 Å². The van der Waals surface area contributed by atoms with Crippen LogP contribution in [0.1, 0.15) is 16.7 Å². The predicted octanol–water partition coefficient (Wildman–Crippen LogP) is 2.76. The Labute approximate surface area is 140 Å². The van der Waals surface area contributed by atoms with E-state index in [9.17, 15) is 8.78 Å². The van der Waals surface area contributed by atoms with Crippen molar-refractivity contribution in [1.29, 1.82) is 0 Å². The molecule has 7 heteroatoms. The quantitative estimate of drug-likeness (QED) is 0.568. The van der Waals surface area contributed by atoms with Crippen LogP contribution in [0.2, 0.25) is 0 Å². The molecule has 0 saturated heterocycles. The van der Waals surface area contributed by atoms with Gasteiger partial charge < -0.3 is 0 Å². The van der Waals surface area contributed by atoms with Gasteiger partial charge in [0.15, 0.2) is 5.16 Å². The lowest BCUT2D eigenvalue weighted by Crippen LogP contribution is -2.17. The van der Waals surface area contributed by atoms with Crippen LogP contribution in [0.25, 0.3) is 0 Å². The molecule has 3 nitrogen and oxygen atoms in total. The minimum absolute atomic E-state index is 0.146. The molecule has 0 aliphatic heterocycles. The van der Waals surface area contributed by atoms with Crippen LogP contribution in [0.5, 0.6) is 0 Å². The fraction of sp³-hybridized carbons (Fsp3) is 0.125. The maximum absolute atomic E-state index is 13.2. The van der Waals surface area contributed by atoms with E-state index in [0.29, 0.717) is 5.16 Å². The van der Waals surface area contributed by atoms with E-state index in [1.54, 1.807) is 28.9 Å². The van der Waals surface area contributed by atoms with Gasteiger partial charge in [-0.3, -0.25) is 0 Å². The Balaban J connectivity index is 1.88. The number of hydrogen-bond acceptors (Lipinski definition) is 3. The summed E-state index contributed by atoms with van der Waals surface area (Å²) >= 11 is 4.27. The molecular formula is C16H15F2N3SSi. The smallest absolute Gasteiger partial charge is 0.182 e. The third kappa shape index (κ3) is 3.86. The van der Waals surface area contributed by atoms with Gasteiger partial charge in [-0.1, -0.05) is 24.3 Å². The van der Waals surface area contributed by atoms with Gasteiger partial charge in [0.2, 0.25) is 0 Å². The first-order chi connectivity index (χ1) is 11.1. The van der Waals surface area contributed by atoms with Crippen molar-refractivity contribution in [2.45, 2.75) is 16.9 Å². The zero-order valence-corrected chi connectivity index (χ0v) is 14.5. The van der Waals surface area contributed by atoms with Gasteiger partial charge in [0, 0.05) is 6.17 Å². The summed E-state index contributed by atoms with van der Waals surface area (Å²) in [4.78, 5) is 4.00. The summed E-state index contributed by atoms with van der Waals surface area (Å²) in [5.41, 5.74) is 2.21. The lowest BCUT2D eigenvalue weighted by molar-refractivity contribution is 0.626. The maximum Gasteiger partial charge on any atom is 0.182 e. The summed E-state index contributed by atoms with van der Waals surface area (Å²) < 4.78 is 28.2. The summed E-state index contributed by atoms with van der Waals surface area (Å²) in [5.74, 6) is -0.524. The number of rotatable bonds is 5. The van der Waals surface area contributed by atoms with Gasteiger partial charge >= 0.3 is 0 Å². The molecule has 0 saturated carbocycles. The van der Waals surface area contributed by atoms with Crippen LogP contribution in [0, 0.1) is 11.6 Å². The molecule has 2 aromatic carbocycles. The van der Waals surface area contributed by atoms with E-state index in [2.05, 4.69) is 22.7 Å². The highest BCUT2D eigenvalue weighted by Gasteiger charge is 2.16. The van der Waals surface area contributed by atoms with Crippen molar-refractivity contribution in [1.82, 2.24) is 14.8 Å². The molecule has 1 aromatic heterocycles. The standard InChI is InChI=1S/C16H15F2N3SSi/c17-13-5-1-11(2-6-13)15(12-3-7-14(18)8-4-12)23-10-21-16(22)19-9-20-21/h1-9,15H,10,23H2,(H,19,20,22). The molecule has 0 spiro atoms. The molecule has 0 N–H and O–H groups in total. The van der Waals surface area contributed by atoms with Crippen molar-refractivity contribution >= 4 is 22.1 Å². The van der Waals surface area contributed by atoms with Crippen LogP contribution in [0.3, 0.4) is 0 Å². The minimum atomic E-state index is -0.719. The highest BCUT2D eigenvalue weighted by Crippen LogP contribution is 2.24. The number of thiol groups is 1. The second-order valence-electron chi connectivity index (χ2n) is 5.23. The molecule has 0 unspecified atom stereocenters. The average molecular weight is 347 g/mol. The van der Waals surface area contributed by atoms with Gasteiger partial charge in [-0.25, -0.2) is 18.4 Å². The molecule has 3 aromatic rings. The Morgan fingerprint density at radius 1 is 0.957 bits per heavy atom. The van der Waals surface area contributed by atoms with E-state index in [1.807, 2.05) is 0 Å². The SMILES string of the molecule is Fc1ccc(C([SiH2]Cn2ncnc2S)c2ccc(F)cc2)cc1. The number of nitrogens with zero attached hydrogens (tertiary/aromatic N) is 3. The van der Waals surface area contributed by atoms with Crippen LogP contribution in [-0.2, 0) is 6.17 Å². The van der Waals surface area contributed by atoms with Crippen LogP contribution < -0.4 is 0 Å². The monoisotopic (exact) mass is 347 g/mol. The van der Waals surface area contributed by atoms with E-state index >= 15 is 0 Å². The molecule has 3 rings (SSSR count). The topological polar surface area (TPSA) is 30.7 Å². The molecule has 0 radical (unpaired) electrons. The van der Waals surface area contributed by atoms with E-state index in [1.165, 1.54) is 30.6 Å². The average Bonchev–Trinajstić information content (AvgIpc) is 2.96. The minimum Gasteiger partial charge on any atom is -0.245 e. The third-order valence-electron chi connectivity index (χ3n) is 3.77. The van der Waals surface area contributed by atoms with Crippen molar-refractivity contribution < 1.29 is 8.78 Å². The first-order valence-electron chi connectivity index (χ1n) is 7.21. The third-order valence-corrected chi connectivity index (χ3v) is 6.32. The highest BCUT2D eigenvalue weighted by atomic mass is 32.1. The number of halogens is 2. The van der Waals surface area contributed by atoms with Gasteiger partial charge in [-0.15, -0.1) is 12.6 Å². The fourth-order valence-corrected chi connectivity index (χ4v) is 5.02. The molecule has 0 fully saturated rings. The molecule has 0 bridgehead atoms. The lowest BCUT2D eigenvalue weighted by atomic mass is 10.0. The number of hydrogen-bond donors (Lipinski definition) is 1. The Morgan fingerprint density at radius 2 is 1.48 bits per heavy atom. The number of aromatic nitrogens is 3. The van der Waals surface area contributed by atoms with Gasteiger partial charge in [0.1, 0.15) is 18.0 Å². The molecule has 0 atom stereocenters. The molecular weight excluding hydrogens is 332 g/mol. The Morgan fingerprint density at radius 3 is 1.91 bits per heavy atom. The first kappa shape index (κ1) is 15.9. The van der Waals surface area contributed by atoms with E-state index < -0.39 is 9.52 Å². The number of benzene rings is 2. The molecule has 118 valence electrons. The highest BCUT2D eigenvalue weighted by molar-refractivity contribution is 7.80. The van der Waals surface area contributed by atoms with Gasteiger partial charge in [-0.2, -0.15) is 5.10 Å². The summed E-state index contributed by atoms with van der Waals surface area (Å²) in [6.07, 6.45) is 2.22. The van der Waals surface area contributed by atoms with Crippen molar-refractivity contribution in [3.63, 3.8) is 0 Å². The molecule has 1 heterocycles. The summed E-state index contributed by atoms with van der Waals surface area (Å²) in [7, 11) is -0.719. The second kappa shape index (κ2) is 7.06. The van der Waals surface area contributed by atoms with Gasteiger partial charge in [-0.05, 0) is 40.9 Å². The Bertz CT molecular complexity index is 729. The van der Waals surface area contributed by atoms with Crippen molar-refractivity contribution in [2.24, 2.45) is 0 Å². The van der Waals surface area contributed by atoms with Crippen LogP contribution >= 0.6 is 12.6 Å². The van der Waals surface area contributed by atoms with Crippen molar-refractivity contribution in [3.8, 4) is 0 Å². The van der Waals surface area contributed by atoms with Crippen LogP contribution in [0.4, 0.5) is 8.78 Å². The van der Waals surface area contributed by atoms with Crippen molar-refractivity contribution in [3.05, 3.63) is 77.6 Å². The summed E-state index contributed by atoms with van der Waals surface area (Å²) in [6.45, 7) is 0. The molecule has 0 aliphatic carbocycles. The van der Waals surface area contributed by atoms with E-state index in [0.717, 1.165) is 17.3 Å². The molecule has 0 aliphatic rings. The zero-order valence-electron chi connectivity index (χ0n) is 12.2. The Kier molecular flexibility index (Phi) is 4.87. The summed E-state index contributed by atoms with van der Waals surface area (Å²) in [5, 5.41) is 4.73. The van der Waals surface area contributed by atoms with Crippen LogP contribution in [-0.4, -0.2) is 24.3 Å². The van der Waals surface area contributed by atoms with Gasteiger partial charge in [0.25, 0.3) is 0 Å². The molecule has 0 amide bonds. The van der Waals surface area contributed by atoms with E-state index in [-0.39, 0.29) is 17.2 Å². The fourth-order valence-electron chi connectivity index (χ4n) is 2.58. The van der Waals surface area contributed by atoms with Crippen molar-refractivity contribution in [2.75, 3.05) is 0 Å². The normalized spacial score (nSPS) is 11.7. The molecule has 23 heavy (non-hydrogen) atoms. The predicted molar refractivity (Wildman–Crippen MR) is 90.5 cm³/mol. The van der Waals surface area contributed by atoms with Gasteiger partial charge in [0.05, 0.1) is 9.52 Å². The maximum atomic E-state index is 13.2.